The molecule has 114 valence electrons. The van der Waals surface area contributed by atoms with Gasteiger partial charge in [-0.05, 0) is 19.4 Å². The molecule has 1 aromatic carbocycles. The summed E-state index contributed by atoms with van der Waals surface area (Å²) in [6.45, 7) is -0.338. The Balaban J connectivity index is 0.000000621. The molecule has 1 rings (SSSR count). The molecule has 0 aliphatic carbocycles. The molecule has 0 bridgehead atoms. The molecule has 1 unspecified atom stereocenters. The summed E-state index contributed by atoms with van der Waals surface area (Å²) in [6, 6.07) is 9.68. The van der Waals surface area contributed by atoms with Gasteiger partial charge in [-0.15, -0.1) is 0 Å². The van der Waals surface area contributed by atoms with Crippen molar-refractivity contribution < 1.29 is 23.9 Å². The van der Waals surface area contributed by atoms with Crippen molar-refractivity contribution >= 4 is 24.2 Å². The first-order valence-corrected chi connectivity index (χ1v) is 8.33. The van der Waals surface area contributed by atoms with Gasteiger partial charge in [0.1, 0.15) is 5.54 Å². The Hall–Kier alpha value is -0.910. The van der Waals surface area contributed by atoms with Crippen molar-refractivity contribution in [3.8, 4) is 0 Å². The minimum absolute atomic E-state index is 0.353. The second-order valence-electron chi connectivity index (χ2n) is 4.27. The molecule has 0 aliphatic rings. The maximum Gasteiger partial charge on any atom is 0.419 e. The second kappa shape index (κ2) is 8.39. The molecule has 0 spiro atoms. The summed E-state index contributed by atoms with van der Waals surface area (Å²) in [6.07, 6.45) is 0.493. The average Bonchev–Trinajstić information content (AvgIpc) is 2.27. The molecule has 0 aliphatic heterocycles. The topological polar surface area (TPSA) is 110 Å². The predicted molar refractivity (Wildman–Crippen MR) is 77.3 cm³/mol. The maximum absolute atomic E-state index is 11.5. The Morgan fingerprint density at radius 3 is 2.25 bits per heavy atom. The summed E-state index contributed by atoms with van der Waals surface area (Å²) in [5, 5.41) is 0. The number of carbonyl (C=O) groups excluding carboxylic acids is 1. The molecule has 6 nitrogen and oxygen atoms in total. The molecule has 8 heteroatoms. The van der Waals surface area contributed by atoms with Crippen molar-refractivity contribution in [3.05, 3.63) is 35.9 Å². The molecule has 0 aromatic heterocycles. The summed E-state index contributed by atoms with van der Waals surface area (Å²) in [5.74, 6) is -0.353. The molecule has 0 saturated heterocycles. The second-order valence-corrected chi connectivity index (χ2v) is 6.54. The van der Waals surface area contributed by atoms with Gasteiger partial charge in [0, 0.05) is 17.7 Å². The molecule has 4 N–H and O–H groups in total. The van der Waals surface area contributed by atoms with Crippen LogP contribution in [0.1, 0.15) is 19.4 Å². The van der Waals surface area contributed by atoms with E-state index in [0.717, 1.165) is 5.56 Å². The molecular weight excluding hydrogens is 305 g/mol. The number of hydrogen-bond acceptors (Lipinski definition) is 4. The van der Waals surface area contributed by atoms with Gasteiger partial charge in [0.2, 0.25) is 0 Å². The predicted octanol–water partition coefficient (Wildman–Crippen LogP) is 1.83. The fraction of sp³-hybridized carbons (Fsp3) is 0.417. The lowest BCUT2D eigenvalue weighted by Gasteiger charge is -2.22. The third-order valence-electron chi connectivity index (χ3n) is 2.16. The highest BCUT2D eigenvalue weighted by atomic mass is 35.7. The Labute approximate surface area is 122 Å². The third-order valence-corrected chi connectivity index (χ3v) is 2.16. The fourth-order valence-corrected chi connectivity index (χ4v) is 1.39. The Morgan fingerprint density at radius 1 is 1.40 bits per heavy atom. The SMILES string of the molecule is CCOC(=O)C(C)(N)Cc1ccccc1.O=P(O)(O)Cl. The number of rotatable bonds is 4. The van der Waals surface area contributed by atoms with E-state index >= 15 is 0 Å². The van der Waals surface area contributed by atoms with Crippen molar-refractivity contribution in [1.82, 2.24) is 0 Å². The summed E-state index contributed by atoms with van der Waals surface area (Å²) in [5.41, 5.74) is 5.99. The smallest absolute Gasteiger partial charge is 0.419 e. The summed E-state index contributed by atoms with van der Waals surface area (Å²) in [7, 11) is 0. The number of ether oxygens (including phenoxy) is 1. The van der Waals surface area contributed by atoms with Gasteiger partial charge >= 0.3 is 12.9 Å². The van der Waals surface area contributed by atoms with E-state index < -0.39 is 12.5 Å². The van der Waals surface area contributed by atoms with Crippen LogP contribution in [0.15, 0.2) is 30.3 Å². The van der Waals surface area contributed by atoms with Crippen LogP contribution in [0.2, 0.25) is 0 Å². The van der Waals surface area contributed by atoms with E-state index in [1.807, 2.05) is 30.3 Å². The zero-order valence-corrected chi connectivity index (χ0v) is 13.0. The van der Waals surface area contributed by atoms with Crippen molar-refractivity contribution in [2.75, 3.05) is 6.61 Å². The fourth-order valence-electron chi connectivity index (χ4n) is 1.39. The van der Waals surface area contributed by atoms with E-state index in [4.69, 9.17) is 24.8 Å². The van der Waals surface area contributed by atoms with E-state index in [1.165, 1.54) is 0 Å². The average molecular weight is 324 g/mol. The number of halogens is 1. The van der Waals surface area contributed by atoms with Crippen LogP contribution in [0.5, 0.6) is 0 Å². The highest BCUT2D eigenvalue weighted by Crippen LogP contribution is 2.39. The molecule has 0 radical (unpaired) electrons. The first kappa shape index (κ1) is 19.1. The highest BCUT2D eigenvalue weighted by Gasteiger charge is 2.29. The Morgan fingerprint density at radius 2 is 1.85 bits per heavy atom. The standard InChI is InChI=1S/C12H17NO2.ClH2O3P/c1-3-15-11(14)12(2,13)9-10-7-5-4-6-8-10;1-5(2,3)4/h4-8H,3,9,13H2,1-2H3;(H2,2,3,4). The van der Waals surface area contributed by atoms with Crippen LogP contribution in [-0.4, -0.2) is 27.9 Å². The lowest BCUT2D eigenvalue weighted by atomic mass is 9.94. The van der Waals surface area contributed by atoms with Gasteiger partial charge in [-0.1, -0.05) is 30.3 Å². The zero-order chi connectivity index (χ0) is 15.8. The molecule has 1 aromatic rings. The first-order chi connectivity index (χ1) is 9.06. The largest absolute Gasteiger partial charge is 0.465 e. The van der Waals surface area contributed by atoms with Crippen LogP contribution in [0, 0.1) is 0 Å². The van der Waals surface area contributed by atoms with Crippen LogP contribution in [0.4, 0.5) is 0 Å². The van der Waals surface area contributed by atoms with Crippen molar-refractivity contribution in [2.45, 2.75) is 25.8 Å². The molecular formula is C12H19ClNO5P. The van der Waals surface area contributed by atoms with Crippen LogP contribution in [-0.2, 0) is 20.5 Å². The van der Waals surface area contributed by atoms with Gasteiger partial charge in [-0.25, -0.2) is 4.57 Å². The zero-order valence-electron chi connectivity index (χ0n) is 11.3. The van der Waals surface area contributed by atoms with Crippen molar-refractivity contribution in [2.24, 2.45) is 5.73 Å². The quantitative estimate of drug-likeness (QED) is 0.576. The summed E-state index contributed by atoms with van der Waals surface area (Å²) in [4.78, 5) is 26.3. The van der Waals surface area contributed by atoms with E-state index in [0.29, 0.717) is 13.0 Å². The summed E-state index contributed by atoms with van der Waals surface area (Å²) >= 11 is 4.20. The van der Waals surface area contributed by atoms with Crippen LogP contribution in [0.25, 0.3) is 0 Å². The first-order valence-electron chi connectivity index (χ1n) is 5.81. The van der Waals surface area contributed by atoms with Crippen molar-refractivity contribution in [3.63, 3.8) is 0 Å². The van der Waals surface area contributed by atoms with E-state index in [-0.39, 0.29) is 5.97 Å². The van der Waals surface area contributed by atoms with E-state index in [1.54, 1.807) is 13.8 Å². The number of hydrogen-bond donors (Lipinski definition) is 3. The van der Waals surface area contributed by atoms with Gasteiger partial charge in [0.05, 0.1) is 6.61 Å². The lowest BCUT2D eigenvalue weighted by molar-refractivity contribution is -0.148. The van der Waals surface area contributed by atoms with Gasteiger partial charge < -0.3 is 20.3 Å². The molecule has 0 heterocycles. The monoisotopic (exact) mass is 323 g/mol. The number of carbonyl (C=O) groups is 1. The van der Waals surface area contributed by atoms with Gasteiger partial charge in [0.15, 0.2) is 0 Å². The van der Waals surface area contributed by atoms with Crippen molar-refractivity contribution in [1.29, 1.82) is 0 Å². The highest BCUT2D eigenvalue weighted by molar-refractivity contribution is 7.79. The molecule has 0 fully saturated rings. The normalized spacial score (nSPS) is 13.7. The Kier molecular flexibility index (Phi) is 8.01. The lowest BCUT2D eigenvalue weighted by Crippen LogP contribution is -2.48. The number of benzene rings is 1. The third kappa shape index (κ3) is 9.95. The minimum Gasteiger partial charge on any atom is -0.465 e. The van der Waals surface area contributed by atoms with E-state index in [2.05, 4.69) is 11.2 Å². The Bertz CT molecular complexity index is 452. The molecule has 0 saturated carbocycles. The van der Waals surface area contributed by atoms with Gasteiger partial charge in [0.25, 0.3) is 0 Å². The molecule has 0 amide bonds. The molecule has 1 atom stereocenters. The van der Waals surface area contributed by atoms with Gasteiger partial charge in [-0.2, -0.15) is 0 Å². The minimum atomic E-state index is -4.17. The van der Waals surface area contributed by atoms with Crippen LogP contribution in [0.3, 0.4) is 0 Å². The van der Waals surface area contributed by atoms with Crippen LogP contribution < -0.4 is 5.73 Å². The maximum atomic E-state index is 11.5. The van der Waals surface area contributed by atoms with E-state index in [9.17, 15) is 4.79 Å². The number of esters is 1. The van der Waals surface area contributed by atoms with Crippen LogP contribution >= 0.6 is 18.2 Å². The summed E-state index contributed by atoms with van der Waals surface area (Å²) < 4.78 is 14.0. The van der Waals surface area contributed by atoms with Gasteiger partial charge in [-0.3, -0.25) is 4.79 Å². The molecule has 20 heavy (non-hydrogen) atoms. The number of nitrogens with two attached hydrogens (primary N) is 1.